The Balaban J connectivity index is 1.74. The van der Waals surface area contributed by atoms with E-state index in [1.807, 2.05) is 54.6 Å². The standard InChI is InChI=1S/C20H22N2O3/c1-25-17-6-4-5-15(12-17)21-19-8-3-2-7-18(19)20(24)22-16-10-9-14(11-16)13-23/h2-10,12,14,16,21,23H,11,13H2,1H3,(H,22,24)/t14-,16+/m0/s1. The molecule has 3 rings (SSSR count). The monoisotopic (exact) mass is 338 g/mol. The summed E-state index contributed by atoms with van der Waals surface area (Å²) in [4.78, 5) is 12.7. The number of rotatable bonds is 6. The zero-order valence-electron chi connectivity index (χ0n) is 14.1. The smallest absolute Gasteiger partial charge is 0.253 e. The number of benzene rings is 2. The van der Waals surface area contributed by atoms with Crippen molar-refractivity contribution in [1.82, 2.24) is 5.32 Å². The second-order valence-corrected chi connectivity index (χ2v) is 6.05. The third kappa shape index (κ3) is 4.19. The molecular weight excluding hydrogens is 316 g/mol. The van der Waals surface area contributed by atoms with Gasteiger partial charge in [0, 0.05) is 30.3 Å². The average molecular weight is 338 g/mol. The number of hydrogen-bond donors (Lipinski definition) is 3. The van der Waals surface area contributed by atoms with Gasteiger partial charge < -0.3 is 20.5 Å². The molecule has 3 N–H and O–H groups in total. The Kier molecular flexibility index (Phi) is 5.36. The number of ether oxygens (including phenoxy) is 1. The van der Waals surface area contributed by atoms with E-state index in [-0.39, 0.29) is 24.5 Å². The largest absolute Gasteiger partial charge is 0.497 e. The van der Waals surface area contributed by atoms with Gasteiger partial charge in [0.1, 0.15) is 5.75 Å². The molecule has 2 aromatic rings. The lowest BCUT2D eigenvalue weighted by molar-refractivity contribution is 0.0942. The van der Waals surface area contributed by atoms with Gasteiger partial charge in [0.05, 0.1) is 18.4 Å². The van der Waals surface area contributed by atoms with Crippen LogP contribution in [0.1, 0.15) is 16.8 Å². The molecule has 0 heterocycles. The van der Waals surface area contributed by atoms with Crippen LogP contribution in [0.2, 0.25) is 0 Å². The first-order valence-electron chi connectivity index (χ1n) is 8.29. The fourth-order valence-corrected chi connectivity index (χ4v) is 2.91. The van der Waals surface area contributed by atoms with Crippen LogP contribution in [-0.2, 0) is 0 Å². The lowest BCUT2D eigenvalue weighted by Crippen LogP contribution is -2.33. The number of nitrogens with one attached hydrogen (secondary N) is 2. The summed E-state index contributed by atoms with van der Waals surface area (Å²) in [6.07, 6.45) is 4.62. The Morgan fingerprint density at radius 3 is 2.80 bits per heavy atom. The average Bonchev–Trinajstić information content (AvgIpc) is 3.10. The molecule has 0 unspecified atom stereocenters. The van der Waals surface area contributed by atoms with E-state index in [1.165, 1.54) is 0 Å². The van der Waals surface area contributed by atoms with Crippen LogP contribution in [0.5, 0.6) is 5.75 Å². The number of methoxy groups -OCH3 is 1. The summed E-state index contributed by atoms with van der Waals surface area (Å²) in [6.45, 7) is 0.108. The van der Waals surface area contributed by atoms with Gasteiger partial charge in [-0.15, -0.1) is 0 Å². The molecule has 5 heteroatoms. The maximum atomic E-state index is 12.7. The fraction of sp³-hybridized carbons (Fsp3) is 0.250. The highest BCUT2D eigenvalue weighted by Gasteiger charge is 2.21. The number of carbonyl (C=O) groups excluding carboxylic acids is 1. The van der Waals surface area contributed by atoms with Gasteiger partial charge in [-0.3, -0.25) is 4.79 Å². The molecular formula is C20H22N2O3. The van der Waals surface area contributed by atoms with Crippen LogP contribution in [0.4, 0.5) is 11.4 Å². The number of amides is 1. The van der Waals surface area contributed by atoms with Gasteiger partial charge in [-0.25, -0.2) is 0 Å². The van der Waals surface area contributed by atoms with Crippen LogP contribution in [-0.4, -0.2) is 30.8 Å². The zero-order chi connectivity index (χ0) is 17.6. The summed E-state index contributed by atoms with van der Waals surface area (Å²) in [6, 6.07) is 14.9. The topological polar surface area (TPSA) is 70.6 Å². The summed E-state index contributed by atoms with van der Waals surface area (Å²) in [5.41, 5.74) is 2.15. The molecule has 0 radical (unpaired) electrons. The van der Waals surface area contributed by atoms with Crippen LogP contribution >= 0.6 is 0 Å². The molecule has 130 valence electrons. The summed E-state index contributed by atoms with van der Waals surface area (Å²) in [7, 11) is 1.62. The van der Waals surface area contributed by atoms with Crippen molar-refractivity contribution in [3.8, 4) is 5.75 Å². The molecule has 2 atom stereocenters. The number of hydrogen-bond acceptors (Lipinski definition) is 4. The Hall–Kier alpha value is -2.79. The van der Waals surface area contributed by atoms with Crippen molar-refractivity contribution in [3.63, 3.8) is 0 Å². The van der Waals surface area contributed by atoms with Gasteiger partial charge in [-0.1, -0.05) is 30.4 Å². The maximum Gasteiger partial charge on any atom is 0.253 e. The fourth-order valence-electron chi connectivity index (χ4n) is 2.91. The highest BCUT2D eigenvalue weighted by atomic mass is 16.5. The molecule has 0 bridgehead atoms. The normalized spacial score (nSPS) is 18.8. The molecule has 1 aliphatic rings. The molecule has 0 spiro atoms. The van der Waals surface area contributed by atoms with Crippen molar-refractivity contribution < 1.29 is 14.6 Å². The minimum Gasteiger partial charge on any atom is -0.497 e. The van der Waals surface area contributed by atoms with E-state index >= 15 is 0 Å². The lowest BCUT2D eigenvalue weighted by atomic mass is 10.1. The molecule has 1 amide bonds. The van der Waals surface area contributed by atoms with Crippen molar-refractivity contribution in [2.45, 2.75) is 12.5 Å². The van der Waals surface area contributed by atoms with E-state index in [1.54, 1.807) is 13.2 Å². The maximum absolute atomic E-state index is 12.7. The third-order valence-corrected chi connectivity index (χ3v) is 4.24. The van der Waals surface area contributed by atoms with Crippen LogP contribution in [0.3, 0.4) is 0 Å². The molecule has 5 nitrogen and oxygen atoms in total. The highest BCUT2D eigenvalue weighted by molar-refractivity contribution is 6.00. The van der Waals surface area contributed by atoms with Crippen molar-refractivity contribution in [1.29, 1.82) is 0 Å². The van der Waals surface area contributed by atoms with E-state index in [0.29, 0.717) is 5.56 Å². The van der Waals surface area contributed by atoms with Crippen LogP contribution in [0, 0.1) is 5.92 Å². The van der Waals surface area contributed by atoms with E-state index in [0.717, 1.165) is 23.5 Å². The van der Waals surface area contributed by atoms with Gasteiger partial charge in [-0.2, -0.15) is 0 Å². The Morgan fingerprint density at radius 1 is 1.20 bits per heavy atom. The first kappa shape index (κ1) is 17.0. The first-order chi connectivity index (χ1) is 12.2. The summed E-state index contributed by atoms with van der Waals surface area (Å²) in [5.74, 6) is 0.729. The molecule has 0 aliphatic heterocycles. The Bertz CT molecular complexity index is 773. The third-order valence-electron chi connectivity index (χ3n) is 4.24. The van der Waals surface area contributed by atoms with Crippen LogP contribution in [0.25, 0.3) is 0 Å². The zero-order valence-corrected chi connectivity index (χ0v) is 14.1. The van der Waals surface area contributed by atoms with Gasteiger partial charge >= 0.3 is 0 Å². The molecule has 0 saturated heterocycles. The van der Waals surface area contributed by atoms with Crippen molar-refractivity contribution >= 4 is 17.3 Å². The predicted molar refractivity (Wildman–Crippen MR) is 98.3 cm³/mol. The first-order valence-corrected chi connectivity index (χ1v) is 8.29. The summed E-state index contributed by atoms with van der Waals surface area (Å²) < 4.78 is 5.23. The minimum atomic E-state index is -0.140. The molecule has 0 saturated carbocycles. The molecule has 2 aromatic carbocycles. The van der Waals surface area contributed by atoms with Crippen LogP contribution in [0.15, 0.2) is 60.7 Å². The van der Waals surface area contributed by atoms with Crippen molar-refractivity contribution in [2.24, 2.45) is 5.92 Å². The highest BCUT2D eigenvalue weighted by Crippen LogP contribution is 2.24. The summed E-state index contributed by atoms with van der Waals surface area (Å²) >= 11 is 0. The van der Waals surface area contributed by atoms with Crippen LogP contribution < -0.4 is 15.4 Å². The minimum absolute atomic E-state index is 0.0467. The number of aliphatic hydroxyl groups is 1. The number of anilines is 2. The van der Waals surface area contributed by atoms with Gasteiger partial charge in [0.15, 0.2) is 0 Å². The number of carbonyl (C=O) groups is 1. The number of para-hydroxylation sites is 1. The molecule has 0 aromatic heterocycles. The Morgan fingerprint density at radius 2 is 2.04 bits per heavy atom. The van der Waals surface area contributed by atoms with Gasteiger partial charge in [0.25, 0.3) is 5.91 Å². The number of aliphatic hydroxyl groups excluding tert-OH is 1. The quantitative estimate of drug-likeness (QED) is 0.708. The van der Waals surface area contributed by atoms with E-state index < -0.39 is 0 Å². The summed E-state index contributed by atoms with van der Waals surface area (Å²) in [5, 5.41) is 15.5. The lowest BCUT2D eigenvalue weighted by Gasteiger charge is -2.16. The predicted octanol–water partition coefficient (Wildman–Crippen LogP) is 3.11. The molecule has 25 heavy (non-hydrogen) atoms. The van der Waals surface area contributed by atoms with E-state index in [9.17, 15) is 9.90 Å². The second-order valence-electron chi connectivity index (χ2n) is 6.05. The molecule has 1 aliphatic carbocycles. The second kappa shape index (κ2) is 7.85. The van der Waals surface area contributed by atoms with Crippen molar-refractivity contribution in [3.05, 3.63) is 66.2 Å². The van der Waals surface area contributed by atoms with E-state index in [4.69, 9.17) is 4.74 Å². The molecule has 0 fully saturated rings. The van der Waals surface area contributed by atoms with Gasteiger partial charge in [-0.05, 0) is 30.7 Å². The van der Waals surface area contributed by atoms with E-state index in [2.05, 4.69) is 10.6 Å². The van der Waals surface area contributed by atoms with Crippen molar-refractivity contribution in [2.75, 3.05) is 19.0 Å². The Labute approximate surface area is 147 Å². The van der Waals surface area contributed by atoms with Gasteiger partial charge in [0.2, 0.25) is 0 Å². The SMILES string of the molecule is COc1cccc(Nc2ccccc2C(=O)N[C@@H]2C=C[C@H](CO)C2)c1.